The van der Waals surface area contributed by atoms with Crippen LogP contribution < -0.4 is 9.47 Å². The molecule has 0 spiro atoms. The van der Waals surface area contributed by atoms with E-state index in [9.17, 15) is 9.59 Å². The fourth-order valence-corrected chi connectivity index (χ4v) is 2.69. The van der Waals surface area contributed by atoms with Crippen molar-refractivity contribution < 1.29 is 23.8 Å². The van der Waals surface area contributed by atoms with E-state index in [0.717, 1.165) is 0 Å². The molecular weight excluding hydrogens is 424 g/mol. The average molecular weight is 442 g/mol. The van der Waals surface area contributed by atoms with Gasteiger partial charge >= 0.3 is 11.9 Å². The lowest BCUT2D eigenvalue weighted by Crippen LogP contribution is -2.12. The van der Waals surface area contributed by atoms with E-state index in [1.54, 1.807) is 18.2 Å². The number of rotatable bonds is 6. The molecule has 2 aromatic carbocycles. The monoisotopic (exact) mass is 440 g/mol. The van der Waals surface area contributed by atoms with Gasteiger partial charge in [-0.3, -0.25) is 0 Å². The summed E-state index contributed by atoms with van der Waals surface area (Å²) in [6.07, 6.45) is 0. The third-order valence-electron chi connectivity index (χ3n) is 3.29. The minimum absolute atomic E-state index is 0.0718. The predicted octanol–water partition coefficient (Wildman–Crippen LogP) is 5.14. The van der Waals surface area contributed by atoms with Crippen molar-refractivity contribution in [3.05, 3.63) is 57.0 Å². The van der Waals surface area contributed by atoms with Crippen molar-refractivity contribution >= 4 is 39.5 Å². The first kappa shape index (κ1) is 20.3. The molecule has 0 saturated carbocycles. The topological polar surface area (TPSA) is 61.8 Å². The zero-order chi connectivity index (χ0) is 19.3. The van der Waals surface area contributed by atoms with Gasteiger partial charge in [0.05, 0.1) is 23.8 Å². The SMILES string of the molecule is COC(=O)c1cc(Cl)ccc1OC(=O)c1ccc(OCC(C)C)c(Br)c1. The summed E-state index contributed by atoms with van der Waals surface area (Å²) in [5, 5.41) is 0.333. The number of carbonyl (C=O) groups is 2. The van der Waals surface area contributed by atoms with Crippen LogP contribution in [0.1, 0.15) is 34.6 Å². The second kappa shape index (κ2) is 9.05. The van der Waals surface area contributed by atoms with Crippen LogP contribution in [-0.2, 0) is 4.74 Å². The average Bonchev–Trinajstić information content (AvgIpc) is 2.61. The van der Waals surface area contributed by atoms with Crippen molar-refractivity contribution in [1.29, 1.82) is 0 Å². The second-order valence-electron chi connectivity index (χ2n) is 5.87. The highest BCUT2D eigenvalue weighted by Crippen LogP contribution is 2.28. The first-order valence-corrected chi connectivity index (χ1v) is 9.01. The van der Waals surface area contributed by atoms with E-state index in [1.165, 1.54) is 25.3 Å². The van der Waals surface area contributed by atoms with Gasteiger partial charge in [0.2, 0.25) is 0 Å². The third kappa shape index (κ3) is 5.22. The zero-order valence-electron chi connectivity index (χ0n) is 14.5. The number of ether oxygens (including phenoxy) is 3. The van der Waals surface area contributed by atoms with Gasteiger partial charge in [0.25, 0.3) is 0 Å². The van der Waals surface area contributed by atoms with Crippen molar-refractivity contribution in [1.82, 2.24) is 0 Å². The molecule has 0 aliphatic heterocycles. The summed E-state index contributed by atoms with van der Waals surface area (Å²) in [5.74, 6) is -0.171. The Bertz CT molecular complexity index is 820. The normalized spacial score (nSPS) is 10.5. The highest BCUT2D eigenvalue weighted by molar-refractivity contribution is 9.10. The Kier molecular flexibility index (Phi) is 7.06. The maximum atomic E-state index is 12.4. The number of hydrogen-bond donors (Lipinski definition) is 0. The third-order valence-corrected chi connectivity index (χ3v) is 4.14. The molecule has 0 N–H and O–H groups in total. The minimum atomic E-state index is -0.645. The summed E-state index contributed by atoms with van der Waals surface area (Å²) < 4.78 is 16.3. The summed E-state index contributed by atoms with van der Waals surface area (Å²) in [5.41, 5.74) is 0.379. The Labute approximate surface area is 165 Å². The van der Waals surface area contributed by atoms with Crippen molar-refractivity contribution in [3.8, 4) is 11.5 Å². The Morgan fingerprint density at radius 2 is 1.77 bits per heavy atom. The lowest BCUT2D eigenvalue weighted by molar-refractivity contribution is 0.0593. The van der Waals surface area contributed by atoms with E-state index in [1.807, 2.05) is 13.8 Å². The van der Waals surface area contributed by atoms with Crippen molar-refractivity contribution in [2.45, 2.75) is 13.8 Å². The standard InChI is InChI=1S/C19H18BrClO5/c1-11(2)10-25-17-6-4-12(8-15(17)20)18(22)26-16-7-5-13(21)9-14(16)19(23)24-3/h4-9,11H,10H2,1-3H3. The smallest absolute Gasteiger partial charge is 0.343 e. The molecule has 0 heterocycles. The summed E-state index contributed by atoms with van der Waals surface area (Å²) in [6, 6.07) is 9.24. The molecule has 0 aliphatic rings. The molecule has 7 heteroatoms. The van der Waals surface area contributed by atoms with Crippen LogP contribution >= 0.6 is 27.5 Å². The molecule has 5 nitrogen and oxygen atoms in total. The van der Waals surface area contributed by atoms with Gasteiger partial charge in [-0.2, -0.15) is 0 Å². The summed E-state index contributed by atoms with van der Waals surface area (Å²) >= 11 is 9.28. The second-order valence-corrected chi connectivity index (χ2v) is 7.16. The lowest BCUT2D eigenvalue weighted by Gasteiger charge is -2.12. The molecule has 0 aliphatic carbocycles. The summed E-state index contributed by atoms with van der Waals surface area (Å²) in [7, 11) is 1.24. The van der Waals surface area contributed by atoms with Gasteiger partial charge in [0, 0.05) is 5.02 Å². The molecule has 0 saturated heterocycles. The van der Waals surface area contributed by atoms with Crippen LogP contribution in [0.3, 0.4) is 0 Å². The molecule has 26 heavy (non-hydrogen) atoms. The van der Waals surface area contributed by atoms with E-state index in [-0.39, 0.29) is 11.3 Å². The number of benzene rings is 2. The first-order valence-electron chi connectivity index (χ1n) is 7.84. The molecule has 0 bridgehead atoms. The van der Waals surface area contributed by atoms with Gasteiger partial charge in [-0.05, 0) is 58.2 Å². The number of methoxy groups -OCH3 is 1. The highest BCUT2D eigenvalue weighted by atomic mass is 79.9. The van der Waals surface area contributed by atoms with Crippen LogP contribution in [0.5, 0.6) is 11.5 Å². The lowest BCUT2D eigenvalue weighted by atomic mass is 10.2. The molecule has 0 radical (unpaired) electrons. The maximum absolute atomic E-state index is 12.4. The van der Waals surface area contributed by atoms with E-state index in [0.29, 0.717) is 33.3 Å². The molecule has 0 amide bonds. The van der Waals surface area contributed by atoms with E-state index >= 15 is 0 Å². The largest absolute Gasteiger partial charge is 0.492 e. The van der Waals surface area contributed by atoms with Crippen molar-refractivity contribution in [2.75, 3.05) is 13.7 Å². The van der Waals surface area contributed by atoms with E-state index in [2.05, 4.69) is 20.7 Å². The van der Waals surface area contributed by atoms with Crippen LogP contribution in [0.2, 0.25) is 5.02 Å². The summed E-state index contributed by atoms with van der Waals surface area (Å²) in [4.78, 5) is 24.3. The van der Waals surface area contributed by atoms with Crippen molar-refractivity contribution in [2.24, 2.45) is 5.92 Å². The Morgan fingerprint density at radius 1 is 1.08 bits per heavy atom. The van der Waals surface area contributed by atoms with Crippen LogP contribution in [-0.4, -0.2) is 25.7 Å². The van der Waals surface area contributed by atoms with Gasteiger partial charge in [0.15, 0.2) is 0 Å². The fourth-order valence-electron chi connectivity index (χ4n) is 2.02. The first-order chi connectivity index (χ1) is 12.3. The molecule has 0 unspecified atom stereocenters. The van der Waals surface area contributed by atoms with Gasteiger partial charge in [-0.15, -0.1) is 0 Å². The Morgan fingerprint density at radius 3 is 2.38 bits per heavy atom. The van der Waals surface area contributed by atoms with Crippen LogP contribution in [0.25, 0.3) is 0 Å². The van der Waals surface area contributed by atoms with E-state index in [4.69, 9.17) is 21.1 Å². The van der Waals surface area contributed by atoms with Crippen LogP contribution in [0.15, 0.2) is 40.9 Å². The highest BCUT2D eigenvalue weighted by Gasteiger charge is 2.18. The molecule has 0 aromatic heterocycles. The Balaban J connectivity index is 2.20. The molecule has 0 fully saturated rings. The number of hydrogen-bond acceptors (Lipinski definition) is 5. The number of esters is 2. The molecule has 0 atom stereocenters. The number of halogens is 2. The predicted molar refractivity (Wildman–Crippen MR) is 102 cm³/mol. The number of carbonyl (C=O) groups excluding carboxylic acids is 2. The van der Waals surface area contributed by atoms with Gasteiger partial charge in [-0.25, -0.2) is 9.59 Å². The molecule has 138 valence electrons. The Hall–Kier alpha value is -2.05. The van der Waals surface area contributed by atoms with Gasteiger partial charge in [0.1, 0.15) is 17.1 Å². The van der Waals surface area contributed by atoms with E-state index < -0.39 is 11.9 Å². The molecular formula is C19H18BrClO5. The fraction of sp³-hybridized carbons (Fsp3) is 0.263. The van der Waals surface area contributed by atoms with Gasteiger partial charge in [-0.1, -0.05) is 25.4 Å². The summed E-state index contributed by atoms with van der Waals surface area (Å²) in [6.45, 7) is 4.66. The molecule has 2 rings (SSSR count). The van der Waals surface area contributed by atoms with Crippen LogP contribution in [0.4, 0.5) is 0 Å². The van der Waals surface area contributed by atoms with Crippen molar-refractivity contribution in [3.63, 3.8) is 0 Å². The van der Waals surface area contributed by atoms with Crippen LogP contribution in [0, 0.1) is 5.92 Å². The minimum Gasteiger partial charge on any atom is -0.492 e. The molecule has 2 aromatic rings. The van der Waals surface area contributed by atoms with Gasteiger partial charge < -0.3 is 14.2 Å². The zero-order valence-corrected chi connectivity index (χ0v) is 16.9. The quantitative estimate of drug-likeness (QED) is 0.459. The maximum Gasteiger partial charge on any atom is 0.343 e.